The standard InChI is InChI=1S/C33H54O5/c1-5-6-7-8-9-10-11-12-13-14-17-24(34)18-15-16-19-27(35)37-29-32-22-31(32,4)26-21-30(2,3)20-25(26)28-33(32,38-28)23-36-29/h25-26,28-29H,5-23H2,1-4H3/t25-,26+,28+,29-,31-,32+,33+/m0/s1. The van der Waals surface area contributed by atoms with Crippen molar-refractivity contribution in [1.29, 1.82) is 0 Å². The van der Waals surface area contributed by atoms with Gasteiger partial charge in [-0.25, -0.2) is 0 Å². The molecule has 3 saturated carbocycles. The van der Waals surface area contributed by atoms with E-state index in [1.165, 1.54) is 70.6 Å². The number of unbranched alkanes of at least 4 members (excludes halogenated alkanes) is 10. The second-order valence-electron chi connectivity index (χ2n) is 14.6. The van der Waals surface area contributed by atoms with Crippen LogP contribution in [0.2, 0.25) is 0 Å². The van der Waals surface area contributed by atoms with Gasteiger partial charge in [0.05, 0.1) is 18.1 Å². The Hall–Kier alpha value is -0.940. The van der Waals surface area contributed by atoms with Gasteiger partial charge in [0.15, 0.2) is 0 Å². The van der Waals surface area contributed by atoms with E-state index >= 15 is 0 Å². The van der Waals surface area contributed by atoms with Crippen LogP contribution in [0, 0.1) is 28.1 Å². The van der Waals surface area contributed by atoms with E-state index < -0.39 is 6.29 Å². The fraction of sp³-hybridized carbons (Fsp3) is 0.939. The number of epoxide rings is 1. The van der Waals surface area contributed by atoms with Crippen LogP contribution in [-0.4, -0.2) is 36.4 Å². The van der Waals surface area contributed by atoms with Gasteiger partial charge in [0.2, 0.25) is 6.29 Å². The average molecular weight is 531 g/mol. The Labute approximate surface area is 231 Å². The third-order valence-electron chi connectivity index (χ3n) is 11.3. The topological polar surface area (TPSA) is 65.1 Å². The first-order valence-electron chi connectivity index (χ1n) is 16.2. The molecule has 0 aromatic heterocycles. The molecule has 2 heterocycles. The monoisotopic (exact) mass is 530 g/mol. The van der Waals surface area contributed by atoms with Crippen molar-refractivity contribution in [2.45, 2.75) is 161 Å². The van der Waals surface area contributed by atoms with Crippen LogP contribution in [0.3, 0.4) is 0 Å². The van der Waals surface area contributed by atoms with E-state index in [0.717, 1.165) is 19.3 Å². The number of hydrogen-bond donors (Lipinski definition) is 0. The van der Waals surface area contributed by atoms with Crippen molar-refractivity contribution >= 4 is 11.8 Å². The molecule has 7 atom stereocenters. The SMILES string of the molecule is CCCCCCCCCCCCC(=O)CCCCC(=O)O[C@@H]1OC[C@@]23O[C@@H]2[C@H]2CC(C)(C)C[C@H]2[C@]2(C)C[C@@]123. The third-order valence-corrected chi connectivity index (χ3v) is 11.3. The molecule has 0 unspecified atom stereocenters. The number of hydrogen-bond acceptors (Lipinski definition) is 5. The van der Waals surface area contributed by atoms with E-state index in [2.05, 4.69) is 27.7 Å². The van der Waals surface area contributed by atoms with Gasteiger partial charge in [-0.1, -0.05) is 85.5 Å². The van der Waals surface area contributed by atoms with Gasteiger partial charge in [-0.15, -0.1) is 0 Å². The summed E-state index contributed by atoms with van der Waals surface area (Å²) in [5, 5.41) is 0. The third kappa shape index (κ3) is 5.13. The Balaban J connectivity index is 0.951. The molecule has 5 rings (SSSR count). The molecule has 3 aliphatic carbocycles. The second-order valence-corrected chi connectivity index (χ2v) is 14.6. The normalized spacial score (nSPS) is 39.2. The summed E-state index contributed by atoms with van der Waals surface area (Å²) in [4.78, 5) is 25.0. The number of ketones is 1. The summed E-state index contributed by atoms with van der Waals surface area (Å²) in [5.41, 5.74) is 0.162. The molecule has 2 saturated heterocycles. The molecule has 2 spiro atoms. The highest BCUT2D eigenvalue weighted by molar-refractivity contribution is 5.78. The van der Waals surface area contributed by atoms with Crippen LogP contribution in [0.1, 0.15) is 143 Å². The lowest BCUT2D eigenvalue weighted by Crippen LogP contribution is -2.46. The zero-order chi connectivity index (χ0) is 27.0. The molecule has 0 N–H and O–H groups in total. The van der Waals surface area contributed by atoms with Gasteiger partial charge in [-0.3, -0.25) is 9.59 Å². The lowest BCUT2D eigenvalue weighted by Gasteiger charge is -2.37. The lowest BCUT2D eigenvalue weighted by atomic mass is 9.64. The zero-order valence-electron chi connectivity index (χ0n) is 24.8. The van der Waals surface area contributed by atoms with Gasteiger partial charge in [-0.2, -0.15) is 0 Å². The molecule has 0 aromatic carbocycles. The largest absolute Gasteiger partial charge is 0.435 e. The van der Waals surface area contributed by atoms with Crippen molar-refractivity contribution in [2.24, 2.45) is 28.1 Å². The van der Waals surface area contributed by atoms with Gasteiger partial charge in [0.25, 0.3) is 0 Å². The number of rotatable bonds is 17. The molecule has 2 aliphatic heterocycles. The summed E-state index contributed by atoms with van der Waals surface area (Å²) in [5.74, 6) is 1.44. The molecule has 38 heavy (non-hydrogen) atoms. The number of esters is 1. The van der Waals surface area contributed by atoms with Crippen LogP contribution in [0.25, 0.3) is 0 Å². The molecule has 5 heteroatoms. The first kappa shape index (κ1) is 28.6. The van der Waals surface area contributed by atoms with Gasteiger partial charge < -0.3 is 14.2 Å². The second kappa shape index (κ2) is 11.1. The zero-order valence-corrected chi connectivity index (χ0v) is 24.8. The molecular weight excluding hydrogens is 476 g/mol. The Morgan fingerprint density at radius 2 is 1.42 bits per heavy atom. The summed E-state index contributed by atoms with van der Waals surface area (Å²) < 4.78 is 18.6. The predicted molar refractivity (Wildman–Crippen MR) is 149 cm³/mol. The minimum Gasteiger partial charge on any atom is -0.435 e. The Morgan fingerprint density at radius 3 is 2.11 bits per heavy atom. The smallest absolute Gasteiger partial charge is 0.308 e. The van der Waals surface area contributed by atoms with Crippen molar-refractivity contribution in [3.05, 3.63) is 0 Å². The Bertz CT molecular complexity index is 867. The van der Waals surface area contributed by atoms with Crippen LogP contribution in [0.4, 0.5) is 0 Å². The molecule has 0 aromatic rings. The number of fused-ring (bicyclic) bond motifs is 3. The fourth-order valence-corrected chi connectivity index (χ4v) is 9.22. The Kier molecular flexibility index (Phi) is 8.38. The van der Waals surface area contributed by atoms with Gasteiger partial charge >= 0.3 is 5.97 Å². The summed E-state index contributed by atoms with van der Waals surface area (Å²) in [6.07, 6.45) is 19.4. The highest BCUT2D eigenvalue weighted by atomic mass is 16.7. The summed E-state index contributed by atoms with van der Waals surface area (Å²) in [6.45, 7) is 10.0. The molecular formula is C33H54O5. The minimum atomic E-state index is -0.465. The number of Topliss-reactive ketones (excluding diaryl/α,β-unsaturated/α-hetero) is 1. The Morgan fingerprint density at radius 1 is 0.816 bits per heavy atom. The van der Waals surface area contributed by atoms with E-state index in [4.69, 9.17) is 14.2 Å². The van der Waals surface area contributed by atoms with E-state index in [9.17, 15) is 9.59 Å². The molecule has 5 fully saturated rings. The van der Waals surface area contributed by atoms with Crippen LogP contribution >= 0.6 is 0 Å². The van der Waals surface area contributed by atoms with Crippen LogP contribution in [-0.2, 0) is 23.8 Å². The highest BCUT2D eigenvalue weighted by Crippen LogP contribution is 2.88. The van der Waals surface area contributed by atoms with E-state index in [1.807, 2.05) is 0 Å². The van der Waals surface area contributed by atoms with E-state index in [0.29, 0.717) is 55.3 Å². The van der Waals surface area contributed by atoms with Gasteiger partial charge in [-0.05, 0) is 61.2 Å². The maximum absolute atomic E-state index is 12.8. The van der Waals surface area contributed by atoms with Crippen molar-refractivity contribution < 1.29 is 23.8 Å². The lowest BCUT2D eigenvalue weighted by molar-refractivity contribution is -0.182. The maximum atomic E-state index is 12.8. The van der Waals surface area contributed by atoms with Crippen LogP contribution in [0.15, 0.2) is 0 Å². The van der Waals surface area contributed by atoms with Gasteiger partial charge in [0.1, 0.15) is 11.4 Å². The molecule has 0 amide bonds. The average Bonchev–Trinajstić information content (AvgIpc) is 3.69. The summed E-state index contributed by atoms with van der Waals surface area (Å²) in [7, 11) is 0. The van der Waals surface area contributed by atoms with Crippen molar-refractivity contribution in [3.63, 3.8) is 0 Å². The molecule has 5 aliphatic rings. The summed E-state index contributed by atoms with van der Waals surface area (Å²) >= 11 is 0. The number of carbonyl (C=O) groups excluding carboxylic acids is 2. The highest BCUT2D eigenvalue weighted by Gasteiger charge is 2.95. The van der Waals surface area contributed by atoms with Crippen molar-refractivity contribution in [3.8, 4) is 0 Å². The number of carbonyl (C=O) groups is 2. The van der Waals surface area contributed by atoms with E-state index in [-0.39, 0.29) is 28.5 Å². The minimum absolute atomic E-state index is 0.146. The van der Waals surface area contributed by atoms with Gasteiger partial charge in [0, 0.05) is 19.3 Å². The first-order valence-corrected chi connectivity index (χ1v) is 16.2. The van der Waals surface area contributed by atoms with Crippen LogP contribution in [0.5, 0.6) is 0 Å². The molecule has 0 bridgehead atoms. The number of ether oxygens (including phenoxy) is 3. The predicted octanol–water partition coefficient (Wildman–Crippen LogP) is 7.93. The first-order chi connectivity index (χ1) is 18.2. The van der Waals surface area contributed by atoms with E-state index in [1.54, 1.807) is 0 Å². The molecule has 5 nitrogen and oxygen atoms in total. The quantitative estimate of drug-likeness (QED) is 0.109. The summed E-state index contributed by atoms with van der Waals surface area (Å²) in [6, 6.07) is 0. The van der Waals surface area contributed by atoms with Crippen LogP contribution < -0.4 is 0 Å². The maximum Gasteiger partial charge on any atom is 0.308 e. The fourth-order valence-electron chi connectivity index (χ4n) is 9.22. The van der Waals surface area contributed by atoms with Crippen molar-refractivity contribution in [1.82, 2.24) is 0 Å². The van der Waals surface area contributed by atoms with Crippen molar-refractivity contribution in [2.75, 3.05) is 6.61 Å². The molecule has 0 radical (unpaired) electrons. The molecule has 216 valence electrons.